The zero-order chi connectivity index (χ0) is 18.7. The smallest absolute Gasteiger partial charge is 0.307 e. The van der Waals surface area contributed by atoms with Gasteiger partial charge in [0.2, 0.25) is 10.0 Å². The highest BCUT2D eigenvalue weighted by Gasteiger charge is 2.33. The third kappa shape index (κ3) is 3.86. The molecule has 0 radical (unpaired) electrons. The summed E-state index contributed by atoms with van der Waals surface area (Å²) in [5, 5.41) is 13.1. The summed E-state index contributed by atoms with van der Waals surface area (Å²) in [4.78, 5) is 15.3. The van der Waals surface area contributed by atoms with Gasteiger partial charge in [0.05, 0.1) is 10.8 Å². The molecule has 2 heterocycles. The van der Waals surface area contributed by atoms with Gasteiger partial charge in [-0.15, -0.1) is 0 Å². The van der Waals surface area contributed by atoms with Crippen molar-refractivity contribution in [2.24, 2.45) is 13.0 Å². The second kappa shape index (κ2) is 7.42. The van der Waals surface area contributed by atoms with Gasteiger partial charge in [-0.05, 0) is 37.1 Å². The number of aliphatic carboxylic acids is 1. The lowest BCUT2D eigenvalue weighted by Crippen LogP contribution is -2.42. The summed E-state index contributed by atoms with van der Waals surface area (Å²) in [7, 11) is -1.97. The van der Waals surface area contributed by atoms with Crippen molar-refractivity contribution in [3.8, 4) is 5.75 Å². The van der Waals surface area contributed by atoms with Gasteiger partial charge in [0, 0.05) is 20.1 Å². The van der Waals surface area contributed by atoms with Crippen molar-refractivity contribution in [2.75, 3.05) is 13.1 Å². The lowest BCUT2D eigenvalue weighted by atomic mass is 10.0. The Morgan fingerprint density at radius 1 is 1.35 bits per heavy atom. The van der Waals surface area contributed by atoms with Crippen LogP contribution in [0, 0.1) is 5.92 Å². The third-order valence-corrected chi connectivity index (χ3v) is 6.25. The van der Waals surface area contributed by atoms with Crippen LogP contribution in [-0.2, 0) is 28.5 Å². The molecule has 0 spiro atoms. The molecule has 26 heavy (non-hydrogen) atoms. The fourth-order valence-electron chi connectivity index (χ4n) is 2.82. The molecule has 1 aliphatic rings. The predicted molar refractivity (Wildman–Crippen MR) is 90.9 cm³/mol. The van der Waals surface area contributed by atoms with Crippen molar-refractivity contribution in [2.45, 2.75) is 24.3 Å². The van der Waals surface area contributed by atoms with Crippen LogP contribution in [0.15, 0.2) is 35.5 Å². The van der Waals surface area contributed by atoms with E-state index >= 15 is 0 Å². The number of carboxylic acids is 1. The van der Waals surface area contributed by atoms with Gasteiger partial charge in [0.1, 0.15) is 18.7 Å². The standard InChI is InChI=1S/C16H20N4O5S/c1-19-15(17-11-18-19)10-25-13-4-6-14(7-5-13)26(23,24)20-8-2-3-12(9-20)16(21)22/h4-7,11-12H,2-3,8-10H2,1H3,(H,21,22). The first-order valence-corrected chi connectivity index (χ1v) is 9.60. The van der Waals surface area contributed by atoms with E-state index in [0.717, 1.165) is 0 Å². The van der Waals surface area contributed by atoms with Crippen LogP contribution >= 0.6 is 0 Å². The molecule has 1 N–H and O–H groups in total. The summed E-state index contributed by atoms with van der Waals surface area (Å²) < 4.78 is 33.9. The molecule has 9 nitrogen and oxygen atoms in total. The van der Waals surface area contributed by atoms with E-state index in [-0.39, 0.29) is 18.0 Å². The molecule has 1 aliphatic heterocycles. The van der Waals surface area contributed by atoms with E-state index in [1.807, 2.05) is 0 Å². The normalized spacial score (nSPS) is 18.6. The topological polar surface area (TPSA) is 115 Å². The number of rotatable bonds is 6. The number of ether oxygens (including phenoxy) is 1. The molecule has 0 aliphatic carbocycles. The van der Waals surface area contributed by atoms with Gasteiger partial charge >= 0.3 is 5.97 Å². The van der Waals surface area contributed by atoms with Crippen LogP contribution < -0.4 is 4.74 Å². The van der Waals surface area contributed by atoms with E-state index in [4.69, 9.17) is 9.84 Å². The molecule has 1 saturated heterocycles. The number of carbonyl (C=O) groups is 1. The molecule has 0 amide bonds. The molecule has 2 aromatic rings. The van der Waals surface area contributed by atoms with E-state index in [1.54, 1.807) is 23.9 Å². The number of sulfonamides is 1. The summed E-state index contributed by atoms with van der Waals surface area (Å²) in [5.74, 6) is -0.464. The van der Waals surface area contributed by atoms with Crippen LogP contribution in [0.5, 0.6) is 5.75 Å². The maximum Gasteiger partial charge on any atom is 0.307 e. The zero-order valence-corrected chi connectivity index (χ0v) is 15.1. The van der Waals surface area contributed by atoms with Gasteiger partial charge in [0.25, 0.3) is 0 Å². The molecule has 1 aromatic carbocycles. The van der Waals surface area contributed by atoms with Crippen LogP contribution in [0.1, 0.15) is 18.7 Å². The second-order valence-electron chi connectivity index (χ2n) is 6.10. The average Bonchev–Trinajstić information content (AvgIpc) is 3.05. The molecule has 1 unspecified atom stereocenters. The van der Waals surface area contributed by atoms with Crippen molar-refractivity contribution >= 4 is 16.0 Å². The zero-order valence-electron chi connectivity index (χ0n) is 14.3. The predicted octanol–water partition coefficient (Wildman–Crippen LogP) is 0.879. The molecule has 0 bridgehead atoms. The Kier molecular flexibility index (Phi) is 5.23. The average molecular weight is 380 g/mol. The SMILES string of the molecule is Cn1ncnc1COc1ccc(S(=O)(=O)N2CCCC(C(=O)O)C2)cc1. The number of aromatic nitrogens is 3. The first-order valence-electron chi connectivity index (χ1n) is 8.16. The summed E-state index contributed by atoms with van der Waals surface area (Å²) in [6, 6.07) is 6.07. The number of hydrogen-bond donors (Lipinski definition) is 1. The minimum Gasteiger partial charge on any atom is -0.486 e. The fourth-order valence-corrected chi connectivity index (χ4v) is 4.34. The maximum atomic E-state index is 12.7. The van der Waals surface area contributed by atoms with Crippen LogP contribution in [0.4, 0.5) is 0 Å². The second-order valence-corrected chi connectivity index (χ2v) is 8.04. The van der Waals surface area contributed by atoms with Gasteiger partial charge < -0.3 is 9.84 Å². The molecular weight excluding hydrogens is 360 g/mol. The van der Waals surface area contributed by atoms with Crippen molar-refractivity contribution in [3.05, 3.63) is 36.4 Å². The Balaban J connectivity index is 1.68. The fraction of sp³-hybridized carbons (Fsp3) is 0.438. The Labute approximate surface area is 151 Å². The van der Waals surface area contributed by atoms with Crippen LogP contribution in [0.25, 0.3) is 0 Å². The molecule has 1 atom stereocenters. The van der Waals surface area contributed by atoms with Gasteiger partial charge in [-0.25, -0.2) is 13.4 Å². The van der Waals surface area contributed by atoms with Crippen molar-refractivity contribution in [1.82, 2.24) is 19.1 Å². The quantitative estimate of drug-likeness (QED) is 0.791. The highest BCUT2D eigenvalue weighted by molar-refractivity contribution is 7.89. The van der Waals surface area contributed by atoms with Crippen LogP contribution in [0.2, 0.25) is 0 Å². The van der Waals surface area contributed by atoms with Crippen LogP contribution in [-0.4, -0.2) is 51.7 Å². The van der Waals surface area contributed by atoms with Gasteiger partial charge in [-0.3, -0.25) is 9.48 Å². The summed E-state index contributed by atoms with van der Waals surface area (Å²) in [6.45, 7) is 0.549. The summed E-state index contributed by atoms with van der Waals surface area (Å²) in [6.07, 6.45) is 2.46. The van der Waals surface area contributed by atoms with Gasteiger partial charge in [-0.2, -0.15) is 9.40 Å². The van der Waals surface area contributed by atoms with E-state index < -0.39 is 21.9 Å². The van der Waals surface area contributed by atoms with Gasteiger partial charge in [0.15, 0.2) is 5.82 Å². The number of benzene rings is 1. The minimum absolute atomic E-state index is 0.00206. The van der Waals surface area contributed by atoms with Crippen LogP contribution in [0.3, 0.4) is 0 Å². The lowest BCUT2D eigenvalue weighted by Gasteiger charge is -2.29. The first-order chi connectivity index (χ1) is 12.4. The third-order valence-electron chi connectivity index (χ3n) is 4.37. The first kappa shape index (κ1) is 18.3. The number of carboxylic acid groups (broad SMARTS) is 1. The molecule has 3 rings (SSSR count). The van der Waals surface area contributed by atoms with E-state index in [9.17, 15) is 13.2 Å². The molecule has 10 heteroatoms. The summed E-state index contributed by atoms with van der Waals surface area (Å²) >= 11 is 0. The molecule has 1 fully saturated rings. The highest BCUT2D eigenvalue weighted by Crippen LogP contribution is 2.25. The van der Waals surface area contributed by atoms with Gasteiger partial charge in [-0.1, -0.05) is 0 Å². The number of hydrogen-bond acceptors (Lipinski definition) is 6. The lowest BCUT2D eigenvalue weighted by molar-refractivity contribution is -0.142. The highest BCUT2D eigenvalue weighted by atomic mass is 32.2. The molecule has 1 aromatic heterocycles. The van der Waals surface area contributed by atoms with Crippen molar-refractivity contribution < 1.29 is 23.1 Å². The number of piperidine rings is 1. The Hall–Kier alpha value is -2.46. The monoisotopic (exact) mass is 380 g/mol. The Morgan fingerprint density at radius 3 is 2.69 bits per heavy atom. The maximum absolute atomic E-state index is 12.7. The Bertz CT molecular complexity index is 878. The number of nitrogens with zero attached hydrogens (tertiary/aromatic N) is 4. The van der Waals surface area contributed by atoms with E-state index in [1.165, 1.54) is 22.8 Å². The molecule has 140 valence electrons. The van der Waals surface area contributed by atoms with E-state index in [2.05, 4.69) is 10.1 Å². The largest absolute Gasteiger partial charge is 0.486 e. The summed E-state index contributed by atoms with van der Waals surface area (Å²) in [5.41, 5.74) is 0. The number of aryl methyl sites for hydroxylation is 1. The molecular formula is C16H20N4O5S. The Morgan fingerprint density at radius 2 is 2.08 bits per heavy atom. The van der Waals surface area contributed by atoms with Crippen molar-refractivity contribution in [1.29, 1.82) is 0 Å². The van der Waals surface area contributed by atoms with E-state index in [0.29, 0.717) is 31.0 Å². The minimum atomic E-state index is -3.72. The molecule has 0 saturated carbocycles. The van der Waals surface area contributed by atoms with Crippen molar-refractivity contribution in [3.63, 3.8) is 0 Å².